The number of fused-ring (bicyclic) bond motifs is 1. The highest BCUT2D eigenvalue weighted by Crippen LogP contribution is 2.37. The van der Waals surface area contributed by atoms with Gasteiger partial charge in [-0.25, -0.2) is 0 Å². The van der Waals surface area contributed by atoms with Crippen LogP contribution in [0.3, 0.4) is 0 Å². The van der Waals surface area contributed by atoms with Crippen molar-refractivity contribution >= 4 is 33.5 Å². The molecule has 1 heterocycles. The quantitative estimate of drug-likeness (QED) is 0.290. The minimum Gasteiger partial charge on any atom is -0.493 e. The number of anilines is 1. The second-order valence-corrected chi connectivity index (χ2v) is 10.9. The number of carbonyl (C=O) groups is 1. The third-order valence-electron chi connectivity index (χ3n) is 7.42. The Balaban J connectivity index is 1.24. The second-order valence-electron chi connectivity index (χ2n) is 9.97. The van der Waals surface area contributed by atoms with E-state index in [9.17, 15) is 4.79 Å². The van der Waals surface area contributed by atoms with Crippen molar-refractivity contribution in [3.8, 4) is 11.5 Å². The number of benzene rings is 3. The molecular weight excluding hydrogens is 516 g/mol. The lowest BCUT2D eigenvalue weighted by molar-refractivity contribution is -0.923. The number of ether oxygens (including phenoxy) is 2. The normalized spacial score (nSPS) is 17.8. The zero-order valence-corrected chi connectivity index (χ0v) is 22.7. The Morgan fingerprint density at radius 1 is 0.944 bits per heavy atom. The summed E-state index contributed by atoms with van der Waals surface area (Å²) >= 11 is 3.53. The number of allylic oxidation sites excluding steroid dienone is 1. The highest BCUT2D eigenvalue weighted by molar-refractivity contribution is 9.10. The van der Waals surface area contributed by atoms with E-state index in [0.29, 0.717) is 23.5 Å². The van der Waals surface area contributed by atoms with Gasteiger partial charge in [0, 0.05) is 33.3 Å². The van der Waals surface area contributed by atoms with E-state index >= 15 is 0 Å². The van der Waals surface area contributed by atoms with Gasteiger partial charge in [0.2, 0.25) is 0 Å². The zero-order valence-electron chi connectivity index (χ0n) is 21.1. The molecule has 3 aromatic rings. The molecule has 5 nitrogen and oxygen atoms in total. The summed E-state index contributed by atoms with van der Waals surface area (Å²) in [4.78, 5) is 15.5. The van der Waals surface area contributed by atoms with E-state index in [1.165, 1.54) is 11.3 Å². The van der Waals surface area contributed by atoms with Crippen LogP contribution in [0.15, 0.2) is 70.7 Å². The molecular formula is C30H32BrN2O3+. The van der Waals surface area contributed by atoms with Crippen molar-refractivity contribution in [3.05, 3.63) is 93.0 Å². The van der Waals surface area contributed by atoms with E-state index in [0.717, 1.165) is 58.4 Å². The van der Waals surface area contributed by atoms with Crippen molar-refractivity contribution < 1.29 is 18.8 Å². The third-order valence-corrected chi connectivity index (χ3v) is 7.95. The fraction of sp³-hybridized carbons (Fsp3) is 0.300. The van der Waals surface area contributed by atoms with Crippen LogP contribution in [-0.2, 0) is 13.0 Å². The Labute approximate surface area is 221 Å². The molecule has 0 spiro atoms. The molecule has 0 aromatic heterocycles. The summed E-state index contributed by atoms with van der Waals surface area (Å²) in [6, 6.07) is 21.0. The maximum atomic E-state index is 13.0. The van der Waals surface area contributed by atoms with Crippen LogP contribution in [0.2, 0.25) is 0 Å². The number of Topliss-reactive ketones (excluding diaryl/α,β-unsaturated/α-hetero) is 1. The minimum absolute atomic E-state index is 0.0638. The van der Waals surface area contributed by atoms with Crippen molar-refractivity contribution in [2.75, 3.05) is 52.3 Å². The van der Waals surface area contributed by atoms with E-state index in [2.05, 4.69) is 76.4 Å². The summed E-state index contributed by atoms with van der Waals surface area (Å²) in [5, 5.41) is 0. The maximum absolute atomic E-state index is 13.0. The highest BCUT2D eigenvalue weighted by Gasteiger charge is 2.29. The van der Waals surface area contributed by atoms with E-state index < -0.39 is 0 Å². The fourth-order valence-corrected chi connectivity index (χ4v) is 5.50. The molecule has 0 unspecified atom stereocenters. The number of likely N-dealkylation sites (N-methyl/N-ethyl adjacent to an activating group) is 1. The monoisotopic (exact) mass is 547 g/mol. The van der Waals surface area contributed by atoms with E-state index in [1.807, 2.05) is 12.1 Å². The lowest BCUT2D eigenvalue weighted by Gasteiger charge is -2.43. The average molecular weight is 549 g/mol. The molecule has 1 aliphatic carbocycles. The number of hydrogen-bond acceptors (Lipinski definition) is 4. The fourth-order valence-electron chi connectivity index (χ4n) is 5.23. The summed E-state index contributed by atoms with van der Waals surface area (Å²) in [6.07, 6.45) is 2.62. The van der Waals surface area contributed by atoms with Gasteiger partial charge in [-0.15, -0.1) is 0 Å². The Hall–Kier alpha value is -3.09. The first kappa shape index (κ1) is 24.6. The molecule has 0 atom stereocenters. The van der Waals surface area contributed by atoms with E-state index in [-0.39, 0.29) is 5.78 Å². The number of carbonyl (C=O) groups excluding carboxylic acids is 1. The third kappa shape index (κ3) is 5.06. The van der Waals surface area contributed by atoms with Crippen LogP contribution >= 0.6 is 15.9 Å². The minimum atomic E-state index is 0.0638. The Morgan fingerprint density at radius 2 is 1.58 bits per heavy atom. The van der Waals surface area contributed by atoms with Crippen LogP contribution in [0.25, 0.3) is 6.08 Å². The molecule has 0 amide bonds. The molecule has 1 saturated heterocycles. The number of methoxy groups -OCH3 is 2. The maximum Gasteiger partial charge on any atom is 0.189 e. The number of ketones is 1. The number of nitrogens with zero attached hydrogens (tertiary/aromatic N) is 2. The summed E-state index contributed by atoms with van der Waals surface area (Å²) in [6.45, 7) is 5.35. The standard InChI is InChI=1S/C30H32BrN2O3/c1-33(20-22-4-8-25(31)9-5-22)14-12-32(13-15-33)26-10-6-21(7-11-26)16-24-17-23-18-28(35-2)29(36-3)19-27(23)30(24)34/h4-11,16,18-19H,12-15,17,20H2,1-3H3/q+1/b24-16+. The molecule has 36 heavy (non-hydrogen) atoms. The molecule has 6 heteroatoms. The first-order valence-corrected chi connectivity index (χ1v) is 13.1. The van der Waals surface area contributed by atoms with Gasteiger partial charge in [-0.2, -0.15) is 0 Å². The van der Waals surface area contributed by atoms with Crippen molar-refractivity contribution in [1.29, 1.82) is 0 Å². The van der Waals surface area contributed by atoms with Crippen molar-refractivity contribution in [1.82, 2.24) is 0 Å². The summed E-state index contributed by atoms with van der Waals surface area (Å²) in [7, 11) is 5.56. The van der Waals surface area contributed by atoms with Crippen LogP contribution in [0.1, 0.15) is 27.0 Å². The van der Waals surface area contributed by atoms with Crippen molar-refractivity contribution in [3.63, 3.8) is 0 Å². The predicted octanol–water partition coefficient (Wildman–Crippen LogP) is 5.76. The molecule has 3 aromatic carbocycles. The Bertz CT molecular complexity index is 1290. The number of halogens is 1. The van der Waals surface area contributed by atoms with Crippen LogP contribution in [-0.4, -0.2) is 57.7 Å². The molecule has 186 valence electrons. The smallest absolute Gasteiger partial charge is 0.189 e. The largest absolute Gasteiger partial charge is 0.493 e. The lowest BCUT2D eigenvalue weighted by atomic mass is 10.1. The molecule has 0 radical (unpaired) electrons. The van der Waals surface area contributed by atoms with Crippen LogP contribution in [0.4, 0.5) is 5.69 Å². The Kier molecular flexibility index (Phi) is 6.91. The zero-order chi connectivity index (χ0) is 25.3. The summed E-state index contributed by atoms with van der Waals surface area (Å²) in [5.74, 6) is 1.31. The van der Waals surface area contributed by atoms with Crippen molar-refractivity contribution in [2.45, 2.75) is 13.0 Å². The average Bonchev–Trinajstić information content (AvgIpc) is 3.19. The highest BCUT2D eigenvalue weighted by atomic mass is 79.9. The van der Waals surface area contributed by atoms with Gasteiger partial charge >= 0.3 is 0 Å². The van der Waals surface area contributed by atoms with Crippen LogP contribution in [0, 0.1) is 0 Å². The molecule has 5 rings (SSSR count). The van der Waals surface area contributed by atoms with Gasteiger partial charge in [0.15, 0.2) is 17.3 Å². The van der Waals surface area contributed by atoms with Gasteiger partial charge in [-0.3, -0.25) is 4.79 Å². The van der Waals surface area contributed by atoms with Gasteiger partial charge < -0.3 is 18.9 Å². The van der Waals surface area contributed by atoms with E-state index in [4.69, 9.17) is 9.47 Å². The summed E-state index contributed by atoms with van der Waals surface area (Å²) < 4.78 is 13.0. The molecule has 2 aliphatic rings. The number of piperazine rings is 1. The lowest BCUT2D eigenvalue weighted by Crippen LogP contribution is -2.56. The van der Waals surface area contributed by atoms with Crippen molar-refractivity contribution in [2.24, 2.45) is 0 Å². The molecule has 1 aliphatic heterocycles. The molecule has 0 bridgehead atoms. The topological polar surface area (TPSA) is 38.8 Å². The summed E-state index contributed by atoms with van der Waals surface area (Å²) in [5.41, 5.74) is 6.15. The molecule has 0 N–H and O–H groups in total. The van der Waals surface area contributed by atoms with Gasteiger partial charge in [0.05, 0.1) is 47.4 Å². The van der Waals surface area contributed by atoms with Crippen LogP contribution in [0.5, 0.6) is 11.5 Å². The first-order valence-electron chi connectivity index (χ1n) is 12.3. The number of hydrogen-bond donors (Lipinski definition) is 0. The second kappa shape index (κ2) is 10.1. The predicted molar refractivity (Wildman–Crippen MR) is 148 cm³/mol. The number of quaternary nitrogens is 1. The Morgan fingerprint density at radius 3 is 2.22 bits per heavy atom. The number of rotatable bonds is 6. The van der Waals surface area contributed by atoms with Gasteiger partial charge in [-0.05, 0) is 53.6 Å². The van der Waals surface area contributed by atoms with E-state index in [1.54, 1.807) is 20.3 Å². The van der Waals surface area contributed by atoms with Gasteiger partial charge in [-0.1, -0.05) is 40.2 Å². The first-order chi connectivity index (χ1) is 17.4. The molecule has 1 fully saturated rings. The van der Waals surface area contributed by atoms with Gasteiger partial charge in [0.1, 0.15) is 6.54 Å². The SMILES string of the molecule is COc1cc2c(cc1OC)C(=O)/C(=C/c1ccc(N3CC[N+](C)(Cc4ccc(Br)cc4)CC3)cc1)C2. The van der Waals surface area contributed by atoms with Gasteiger partial charge in [0.25, 0.3) is 0 Å². The van der Waals surface area contributed by atoms with Crippen LogP contribution < -0.4 is 14.4 Å². The molecule has 0 saturated carbocycles.